The average Bonchev–Trinajstić information content (AvgIpc) is 2.69. The number of nitrogens with one attached hydrogen (secondary N) is 1. The molecule has 1 saturated heterocycles. The second kappa shape index (κ2) is 4.55. The van der Waals surface area contributed by atoms with E-state index in [1.165, 1.54) is 18.6 Å². The number of hydrogen-bond acceptors (Lipinski definition) is 4. The summed E-state index contributed by atoms with van der Waals surface area (Å²) in [5, 5.41) is 4.03. The van der Waals surface area contributed by atoms with Gasteiger partial charge in [-0.3, -0.25) is 0 Å². The molecule has 0 aromatic carbocycles. The number of pyridine rings is 1. The molecule has 2 heterocycles. The fourth-order valence-electron chi connectivity index (χ4n) is 1.58. The van der Waals surface area contributed by atoms with E-state index < -0.39 is 0 Å². The van der Waals surface area contributed by atoms with Crippen LogP contribution in [0.1, 0.15) is 12.8 Å². The third kappa shape index (κ3) is 2.32. The summed E-state index contributed by atoms with van der Waals surface area (Å²) in [4.78, 5) is 4.19. The number of hydrogen-bond donors (Lipinski definition) is 2. The first-order valence-electron chi connectivity index (χ1n) is 4.92. The van der Waals surface area contributed by atoms with Gasteiger partial charge in [-0.1, -0.05) is 0 Å². The quantitative estimate of drug-likeness (QED) is 0.799. The normalized spacial score (nSPS) is 21.0. The molecule has 0 amide bonds. The molecule has 76 valence electrons. The molecule has 0 bridgehead atoms. The van der Waals surface area contributed by atoms with Crippen molar-refractivity contribution >= 4 is 23.3 Å². The fraction of sp³-hybridized carbons (Fsp3) is 0.500. The predicted molar refractivity (Wildman–Crippen MR) is 62.6 cm³/mol. The van der Waals surface area contributed by atoms with Crippen molar-refractivity contribution in [3.05, 3.63) is 18.3 Å². The molecule has 2 rings (SSSR count). The van der Waals surface area contributed by atoms with Gasteiger partial charge >= 0.3 is 0 Å². The predicted octanol–water partition coefficient (Wildman–Crippen LogP) is 1.97. The summed E-state index contributed by atoms with van der Waals surface area (Å²) in [6, 6.07) is 3.72. The highest BCUT2D eigenvalue weighted by Crippen LogP contribution is 2.26. The molecule has 1 aromatic heterocycles. The van der Waals surface area contributed by atoms with E-state index in [4.69, 9.17) is 5.73 Å². The number of anilines is 2. The van der Waals surface area contributed by atoms with E-state index in [9.17, 15) is 0 Å². The second-order valence-electron chi connectivity index (χ2n) is 3.46. The molecule has 1 unspecified atom stereocenters. The lowest BCUT2D eigenvalue weighted by Gasteiger charge is -2.11. The lowest BCUT2D eigenvalue weighted by molar-refractivity contribution is 0.804. The molecule has 1 aliphatic heterocycles. The van der Waals surface area contributed by atoms with Crippen LogP contribution in [-0.2, 0) is 0 Å². The van der Waals surface area contributed by atoms with Crippen molar-refractivity contribution in [2.75, 3.05) is 23.3 Å². The Bertz CT molecular complexity index is 297. The molecular formula is C10H15N3S. The van der Waals surface area contributed by atoms with Crippen molar-refractivity contribution < 1.29 is 0 Å². The van der Waals surface area contributed by atoms with E-state index in [1.54, 1.807) is 6.20 Å². The summed E-state index contributed by atoms with van der Waals surface area (Å²) in [6.45, 7) is 0.978. The van der Waals surface area contributed by atoms with Gasteiger partial charge in [0.05, 0.1) is 5.69 Å². The highest BCUT2D eigenvalue weighted by molar-refractivity contribution is 8.00. The van der Waals surface area contributed by atoms with Crippen LogP contribution in [0.25, 0.3) is 0 Å². The van der Waals surface area contributed by atoms with Crippen molar-refractivity contribution in [3.8, 4) is 0 Å². The first kappa shape index (κ1) is 9.65. The molecule has 0 aliphatic carbocycles. The van der Waals surface area contributed by atoms with Crippen LogP contribution in [0.2, 0.25) is 0 Å². The van der Waals surface area contributed by atoms with Gasteiger partial charge in [-0.15, -0.1) is 0 Å². The maximum atomic E-state index is 5.77. The number of nitrogens with two attached hydrogens (primary N) is 1. The van der Waals surface area contributed by atoms with Crippen molar-refractivity contribution in [1.29, 1.82) is 0 Å². The molecule has 0 spiro atoms. The Kier molecular flexibility index (Phi) is 3.14. The van der Waals surface area contributed by atoms with Gasteiger partial charge in [-0.05, 0) is 30.7 Å². The van der Waals surface area contributed by atoms with Crippen molar-refractivity contribution in [1.82, 2.24) is 4.98 Å². The zero-order valence-corrected chi connectivity index (χ0v) is 8.89. The SMILES string of the molecule is Nc1cccnc1NCC1CCCS1. The zero-order chi connectivity index (χ0) is 9.80. The van der Waals surface area contributed by atoms with Crippen molar-refractivity contribution in [2.24, 2.45) is 0 Å². The van der Waals surface area contributed by atoms with Crippen LogP contribution in [0, 0.1) is 0 Å². The van der Waals surface area contributed by atoms with Crippen LogP contribution in [0.5, 0.6) is 0 Å². The third-order valence-corrected chi connectivity index (χ3v) is 3.76. The van der Waals surface area contributed by atoms with Gasteiger partial charge in [0.1, 0.15) is 5.82 Å². The Labute approximate surface area is 88.5 Å². The number of aromatic nitrogens is 1. The number of rotatable bonds is 3. The fourth-order valence-corrected chi connectivity index (χ4v) is 2.78. The van der Waals surface area contributed by atoms with Gasteiger partial charge in [-0.25, -0.2) is 4.98 Å². The van der Waals surface area contributed by atoms with E-state index in [0.717, 1.165) is 23.3 Å². The highest BCUT2D eigenvalue weighted by Gasteiger charge is 2.15. The lowest BCUT2D eigenvalue weighted by Crippen LogP contribution is -2.15. The first-order valence-corrected chi connectivity index (χ1v) is 5.97. The number of nitrogen functional groups attached to an aromatic ring is 1. The van der Waals surface area contributed by atoms with Gasteiger partial charge in [-0.2, -0.15) is 11.8 Å². The molecule has 14 heavy (non-hydrogen) atoms. The van der Waals surface area contributed by atoms with Crippen LogP contribution < -0.4 is 11.1 Å². The van der Waals surface area contributed by atoms with Gasteiger partial charge in [0, 0.05) is 18.0 Å². The molecule has 1 aromatic rings. The molecule has 1 fully saturated rings. The maximum absolute atomic E-state index is 5.77. The summed E-state index contributed by atoms with van der Waals surface area (Å²) < 4.78 is 0. The largest absolute Gasteiger partial charge is 0.396 e. The zero-order valence-electron chi connectivity index (χ0n) is 8.07. The van der Waals surface area contributed by atoms with E-state index in [2.05, 4.69) is 10.3 Å². The van der Waals surface area contributed by atoms with Gasteiger partial charge < -0.3 is 11.1 Å². The number of thioether (sulfide) groups is 1. The first-order chi connectivity index (χ1) is 6.86. The Hall–Kier alpha value is -0.900. The van der Waals surface area contributed by atoms with Crippen LogP contribution in [0.3, 0.4) is 0 Å². The van der Waals surface area contributed by atoms with Gasteiger partial charge in [0.15, 0.2) is 0 Å². The molecule has 0 radical (unpaired) electrons. The second-order valence-corrected chi connectivity index (χ2v) is 4.87. The lowest BCUT2D eigenvalue weighted by atomic mass is 10.2. The van der Waals surface area contributed by atoms with Gasteiger partial charge in [0.2, 0.25) is 0 Å². The summed E-state index contributed by atoms with van der Waals surface area (Å²) in [7, 11) is 0. The summed E-state index contributed by atoms with van der Waals surface area (Å²) in [5.74, 6) is 2.12. The molecular weight excluding hydrogens is 194 g/mol. The maximum Gasteiger partial charge on any atom is 0.149 e. The molecule has 4 heteroatoms. The third-order valence-electron chi connectivity index (χ3n) is 2.36. The molecule has 3 nitrogen and oxygen atoms in total. The van der Waals surface area contributed by atoms with Crippen LogP contribution in [0.15, 0.2) is 18.3 Å². The van der Waals surface area contributed by atoms with E-state index in [-0.39, 0.29) is 0 Å². The summed E-state index contributed by atoms with van der Waals surface area (Å²) in [6.07, 6.45) is 4.42. The minimum Gasteiger partial charge on any atom is -0.396 e. The van der Waals surface area contributed by atoms with E-state index in [1.807, 2.05) is 23.9 Å². The van der Waals surface area contributed by atoms with E-state index >= 15 is 0 Å². The summed E-state index contributed by atoms with van der Waals surface area (Å²) >= 11 is 2.04. The molecule has 1 aliphatic rings. The Balaban J connectivity index is 1.88. The Morgan fingerprint density at radius 1 is 1.64 bits per heavy atom. The van der Waals surface area contributed by atoms with Crippen LogP contribution in [0.4, 0.5) is 11.5 Å². The van der Waals surface area contributed by atoms with Crippen molar-refractivity contribution in [2.45, 2.75) is 18.1 Å². The van der Waals surface area contributed by atoms with Gasteiger partial charge in [0.25, 0.3) is 0 Å². The molecule has 0 saturated carbocycles. The molecule has 3 N–H and O–H groups in total. The number of nitrogens with zero attached hydrogens (tertiary/aromatic N) is 1. The minimum absolute atomic E-state index is 0.732. The average molecular weight is 209 g/mol. The highest BCUT2D eigenvalue weighted by atomic mass is 32.2. The topological polar surface area (TPSA) is 50.9 Å². The Morgan fingerprint density at radius 3 is 3.29 bits per heavy atom. The van der Waals surface area contributed by atoms with Crippen LogP contribution >= 0.6 is 11.8 Å². The van der Waals surface area contributed by atoms with Crippen molar-refractivity contribution in [3.63, 3.8) is 0 Å². The Morgan fingerprint density at radius 2 is 2.57 bits per heavy atom. The minimum atomic E-state index is 0.732. The van der Waals surface area contributed by atoms with Crippen LogP contribution in [-0.4, -0.2) is 22.5 Å². The smallest absolute Gasteiger partial charge is 0.149 e. The standard InChI is InChI=1S/C10H15N3S/c11-9-4-1-5-12-10(9)13-7-8-3-2-6-14-8/h1,4-5,8H,2-3,6-7,11H2,(H,12,13). The summed E-state index contributed by atoms with van der Waals surface area (Å²) in [5.41, 5.74) is 6.51. The monoisotopic (exact) mass is 209 g/mol. The molecule has 1 atom stereocenters. The van der Waals surface area contributed by atoms with E-state index in [0.29, 0.717) is 0 Å².